The van der Waals surface area contributed by atoms with Gasteiger partial charge in [0.1, 0.15) is 0 Å². The molecule has 2 atom stereocenters. The Balaban J connectivity index is 0.00000324. The van der Waals surface area contributed by atoms with Crippen LogP contribution in [-0.4, -0.2) is 23.9 Å². The lowest BCUT2D eigenvalue weighted by molar-refractivity contribution is -0.149. The van der Waals surface area contributed by atoms with Crippen molar-refractivity contribution in [2.24, 2.45) is 5.73 Å². The number of carbonyl (C=O) groups excluding carboxylic acids is 1. The maximum absolute atomic E-state index is 13.7. The zero-order valence-corrected chi connectivity index (χ0v) is 12.3. The van der Waals surface area contributed by atoms with Crippen molar-refractivity contribution >= 4 is 34.3 Å². The Morgan fingerprint density at radius 2 is 2.16 bits per heavy atom. The number of phenols is 1. The SMILES string of the molecule is CCOC(=O)C(F)[C@H](N)c1c(Br)ccc(F)c1O.Cl. The second-order valence-electron chi connectivity index (χ2n) is 3.47. The monoisotopic (exact) mass is 359 g/mol. The van der Waals surface area contributed by atoms with Gasteiger partial charge in [0, 0.05) is 10.0 Å². The first kappa shape index (κ1) is 18.1. The normalized spacial score (nSPS) is 13.3. The van der Waals surface area contributed by atoms with Crippen molar-refractivity contribution in [2.75, 3.05) is 6.61 Å². The molecule has 0 amide bonds. The molecule has 0 saturated carbocycles. The van der Waals surface area contributed by atoms with Gasteiger partial charge in [-0.2, -0.15) is 0 Å². The van der Waals surface area contributed by atoms with Gasteiger partial charge in [-0.1, -0.05) is 15.9 Å². The number of carbonyl (C=O) groups is 1. The van der Waals surface area contributed by atoms with Gasteiger partial charge in [-0.3, -0.25) is 0 Å². The Bertz CT molecular complexity index is 462. The number of alkyl halides is 1. The molecular weight excluding hydrogens is 347 g/mol. The molecule has 1 unspecified atom stereocenters. The van der Waals surface area contributed by atoms with Crippen LogP contribution in [0.1, 0.15) is 18.5 Å². The molecule has 0 bridgehead atoms. The number of hydrogen-bond acceptors (Lipinski definition) is 4. The first-order valence-electron chi connectivity index (χ1n) is 5.13. The lowest BCUT2D eigenvalue weighted by Gasteiger charge is -2.18. The summed E-state index contributed by atoms with van der Waals surface area (Å²) in [4.78, 5) is 11.2. The van der Waals surface area contributed by atoms with Gasteiger partial charge in [-0.05, 0) is 19.1 Å². The number of phenolic OH excluding ortho intramolecular Hbond substituents is 1. The second kappa shape index (κ2) is 7.62. The van der Waals surface area contributed by atoms with Crippen LogP contribution < -0.4 is 5.73 Å². The van der Waals surface area contributed by atoms with Crippen molar-refractivity contribution in [3.8, 4) is 5.75 Å². The molecule has 0 spiro atoms. The quantitative estimate of drug-likeness (QED) is 0.810. The number of hydrogen-bond donors (Lipinski definition) is 2. The van der Waals surface area contributed by atoms with E-state index in [1.807, 2.05) is 0 Å². The minimum Gasteiger partial charge on any atom is -0.505 e. The first-order valence-corrected chi connectivity index (χ1v) is 5.92. The summed E-state index contributed by atoms with van der Waals surface area (Å²) in [6.07, 6.45) is -2.19. The van der Waals surface area contributed by atoms with E-state index in [0.717, 1.165) is 6.07 Å². The molecule has 3 N–H and O–H groups in total. The highest BCUT2D eigenvalue weighted by Crippen LogP contribution is 2.35. The largest absolute Gasteiger partial charge is 0.505 e. The molecular formula is C11H13BrClF2NO3. The van der Waals surface area contributed by atoms with Gasteiger partial charge in [0.05, 0.1) is 12.6 Å². The van der Waals surface area contributed by atoms with E-state index in [4.69, 9.17) is 5.73 Å². The number of benzene rings is 1. The third-order valence-electron chi connectivity index (χ3n) is 2.28. The van der Waals surface area contributed by atoms with Crippen LogP contribution in [0.25, 0.3) is 0 Å². The molecule has 4 nitrogen and oxygen atoms in total. The van der Waals surface area contributed by atoms with E-state index >= 15 is 0 Å². The topological polar surface area (TPSA) is 72.5 Å². The van der Waals surface area contributed by atoms with E-state index in [1.54, 1.807) is 0 Å². The number of halogens is 4. The fourth-order valence-electron chi connectivity index (χ4n) is 1.39. The van der Waals surface area contributed by atoms with Crippen LogP contribution in [0.5, 0.6) is 5.75 Å². The zero-order valence-electron chi connectivity index (χ0n) is 9.90. The number of rotatable bonds is 4. The van der Waals surface area contributed by atoms with Gasteiger partial charge in [0.15, 0.2) is 11.6 Å². The maximum Gasteiger partial charge on any atom is 0.342 e. The molecule has 0 aliphatic rings. The molecule has 0 aromatic heterocycles. The van der Waals surface area contributed by atoms with Gasteiger partial charge in [0.2, 0.25) is 6.17 Å². The minimum absolute atomic E-state index is 0. The molecule has 0 aliphatic heterocycles. The number of esters is 1. The van der Waals surface area contributed by atoms with Crippen molar-refractivity contribution in [1.82, 2.24) is 0 Å². The summed E-state index contributed by atoms with van der Waals surface area (Å²) in [5.41, 5.74) is 5.30. The molecule has 0 heterocycles. The summed E-state index contributed by atoms with van der Waals surface area (Å²) in [5.74, 6) is -2.89. The van der Waals surface area contributed by atoms with E-state index in [0.29, 0.717) is 0 Å². The number of nitrogens with two attached hydrogens (primary N) is 1. The molecule has 8 heteroatoms. The van der Waals surface area contributed by atoms with Crippen LogP contribution in [0.2, 0.25) is 0 Å². The number of ether oxygens (including phenoxy) is 1. The highest BCUT2D eigenvalue weighted by molar-refractivity contribution is 9.10. The summed E-state index contributed by atoms with van der Waals surface area (Å²) >= 11 is 3.01. The highest BCUT2D eigenvalue weighted by atomic mass is 79.9. The van der Waals surface area contributed by atoms with Gasteiger partial charge in [-0.15, -0.1) is 12.4 Å². The van der Waals surface area contributed by atoms with E-state index in [9.17, 15) is 18.7 Å². The Labute approximate surface area is 123 Å². The summed E-state index contributed by atoms with van der Waals surface area (Å²) in [5, 5.41) is 9.51. The van der Waals surface area contributed by atoms with Crippen molar-refractivity contribution in [3.63, 3.8) is 0 Å². The molecule has 0 aliphatic carbocycles. The van der Waals surface area contributed by atoms with Crippen molar-refractivity contribution in [3.05, 3.63) is 28.0 Å². The van der Waals surface area contributed by atoms with E-state index in [-0.39, 0.29) is 29.1 Å². The van der Waals surface area contributed by atoms with E-state index in [1.165, 1.54) is 13.0 Å². The predicted octanol–water partition coefficient (Wildman–Crippen LogP) is 2.62. The molecule has 19 heavy (non-hydrogen) atoms. The van der Waals surface area contributed by atoms with E-state index < -0.39 is 29.7 Å². The Morgan fingerprint density at radius 3 is 2.68 bits per heavy atom. The summed E-state index contributed by atoms with van der Waals surface area (Å²) < 4.78 is 31.5. The Kier molecular flexibility index (Phi) is 7.25. The maximum atomic E-state index is 13.7. The summed E-state index contributed by atoms with van der Waals surface area (Å²) in [6, 6.07) is 0.740. The molecule has 1 rings (SSSR count). The first-order chi connectivity index (χ1) is 8.40. The summed E-state index contributed by atoms with van der Waals surface area (Å²) in [6.45, 7) is 1.52. The fourth-order valence-corrected chi connectivity index (χ4v) is 1.97. The molecule has 1 aromatic carbocycles. The standard InChI is InChI=1S/C11H12BrF2NO3.ClH/c1-2-18-11(17)8(14)9(15)7-5(12)3-4-6(13)10(7)16;/h3-4,8-9,16H,2,15H2,1H3;1H/t8?,9-;/m1./s1. The van der Waals surface area contributed by atoms with Gasteiger partial charge >= 0.3 is 5.97 Å². The van der Waals surface area contributed by atoms with Crippen LogP contribution in [0, 0.1) is 5.82 Å². The van der Waals surface area contributed by atoms with E-state index in [2.05, 4.69) is 20.7 Å². The molecule has 108 valence electrons. The highest BCUT2D eigenvalue weighted by Gasteiger charge is 2.31. The zero-order chi connectivity index (χ0) is 13.9. The molecule has 0 fully saturated rings. The third kappa shape index (κ3) is 4.02. The van der Waals surface area contributed by atoms with Crippen LogP contribution in [0.3, 0.4) is 0 Å². The molecule has 0 saturated heterocycles. The third-order valence-corrected chi connectivity index (χ3v) is 2.97. The average molecular weight is 361 g/mol. The van der Waals surface area contributed by atoms with Crippen LogP contribution in [0.4, 0.5) is 8.78 Å². The minimum atomic E-state index is -2.19. The smallest absolute Gasteiger partial charge is 0.342 e. The lowest BCUT2D eigenvalue weighted by Crippen LogP contribution is -2.32. The van der Waals surface area contributed by atoms with Gasteiger partial charge < -0.3 is 15.6 Å². The van der Waals surface area contributed by atoms with Crippen LogP contribution in [0.15, 0.2) is 16.6 Å². The van der Waals surface area contributed by atoms with Crippen LogP contribution >= 0.6 is 28.3 Å². The Hall–Kier alpha value is -0.920. The van der Waals surface area contributed by atoms with Crippen molar-refractivity contribution in [2.45, 2.75) is 19.1 Å². The molecule has 1 aromatic rings. The fraction of sp³-hybridized carbons (Fsp3) is 0.364. The predicted molar refractivity (Wildman–Crippen MR) is 71.5 cm³/mol. The van der Waals surface area contributed by atoms with Gasteiger partial charge in [-0.25, -0.2) is 13.6 Å². The van der Waals surface area contributed by atoms with Crippen molar-refractivity contribution in [1.29, 1.82) is 0 Å². The average Bonchev–Trinajstić information content (AvgIpc) is 2.33. The summed E-state index contributed by atoms with van der Waals surface area (Å²) in [7, 11) is 0. The van der Waals surface area contributed by atoms with Crippen molar-refractivity contribution < 1.29 is 23.4 Å². The molecule has 0 radical (unpaired) electrons. The Morgan fingerprint density at radius 1 is 1.58 bits per heavy atom. The van der Waals surface area contributed by atoms with Crippen LogP contribution in [-0.2, 0) is 9.53 Å². The number of aromatic hydroxyl groups is 1. The second-order valence-corrected chi connectivity index (χ2v) is 4.33. The lowest BCUT2D eigenvalue weighted by atomic mass is 10.0. The van der Waals surface area contributed by atoms with Gasteiger partial charge in [0.25, 0.3) is 0 Å².